The summed E-state index contributed by atoms with van der Waals surface area (Å²) in [6, 6.07) is 2.12. The molecule has 0 radical (unpaired) electrons. The van der Waals surface area contributed by atoms with Crippen molar-refractivity contribution >= 4 is 31.3 Å². The Bertz CT molecular complexity index is 225. The molecule has 0 saturated carbocycles. The zero-order chi connectivity index (χ0) is 6.85. The third kappa shape index (κ3) is 1.41. The molecule has 0 aromatic carbocycles. The van der Waals surface area contributed by atoms with Gasteiger partial charge in [0.25, 0.3) is 0 Å². The molecule has 0 spiro atoms. The van der Waals surface area contributed by atoms with Gasteiger partial charge in [-0.25, -0.2) is 0 Å². The van der Waals surface area contributed by atoms with Crippen LogP contribution >= 0.6 is 20.6 Å². The molecule has 0 aliphatic carbocycles. The van der Waals surface area contributed by atoms with Gasteiger partial charge >= 0.3 is 0 Å². The van der Waals surface area contributed by atoms with E-state index >= 15 is 0 Å². The second-order valence-corrected chi connectivity index (χ2v) is 4.19. The molecule has 1 rings (SSSR count). The number of hydrogen-bond acceptors (Lipinski definition) is 1. The van der Waals surface area contributed by atoms with Crippen molar-refractivity contribution in [3.05, 3.63) is 23.1 Å². The Hall–Kier alpha value is -0.130. The van der Waals surface area contributed by atoms with Crippen molar-refractivity contribution in [2.45, 2.75) is 6.92 Å². The first kappa shape index (κ1) is 6.98. The van der Waals surface area contributed by atoms with Gasteiger partial charge in [-0.1, -0.05) is 21.9 Å². The molecular weight excluding hydrogens is 147 g/mol. The Morgan fingerprint density at radius 3 is 2.67 bits per heavy atom. The van der Waals surface area contributed by atoms with E-state index in [1.807, 2.05) is 6.08 Å². The molecule has 1 unspecified atom stereocenters. The Labute approximate surface area is 61.8 Å². The molecule has 0 aliphatic heterocycles. The number of rotatable bonds is 1. The van der Waals surface area contributed by atoms with Crippen LogP contribution in [-0.2, 0) is 0 Å². The van der Waals surface area contributed by atoms with Crippen molar-refractivity contribution in [3.8, 4) is 0 Å². The molecule has 48 valence electrons. The van der Waals surface area contributed by atoms with Crippen LogP contribution in [0.15, 0.2) is 12.6 Å². The molecule has 0 fully saturated rings. The van der Waals surface area contributed by atoms with Crippen molar-refractivity contribution in [2.75, 3.05) is 0 Å². The molecule has 0 nitrogen and oxygen atoms in total. The standard InChI is InChI=1S/C7H9PS/c1-3-6-4-7(8)9-5(6)2/h3-4H,1,8H2,2H3. The fraction of sp³-hybridized carbons (Fsp3) is 0.143. The fourth-order valence-corrected chi connectivity index (χ4v) is 2.23. The highest BCUT2D eigenvalue weighted by Gasteiger charge is 1.96. The Morgan fingerprint density at radius 2 is 2.44 bits per heavy atom. The van der Waals surface area contributed by atoms with Gasteiger partial charge in [0.15, 0.2) is 0 Å². The van der Waals surface area contributed by atoms with Crippen LogP contribution in [0.3, 0.4) is 0 Å². The summed E-state index contributed by atoms with van der Waals surface area (Å²) >= 11 is 1.79. The highest BCUT2D eigenvalue weighted by Crippen LogP contribution is 2.15. The largest absolute Gasteiger partial charge is 0.141 e. The quantitative estimate of drug-likeness (QED) is 0.547. The SMILES string of the molecule is C=Cc1cc(P)sc1C. The summed E-state index contributed by atoms with van der Waals surface area (Å²) in [5, 5.41) is 0. The molecule has 1 atom stereocenters. The molecule has 1 aromatic rings. The predicted molar refractivity (Wildman–Crippen MR) is 48.5 cm³/mol. The lowest BCUT2D eigenvalue weighted by Gasteiger charge is -1.82. The lowest BCUT2D eigenvalue weighted by atomic mass is 10.3. The summed E-state index contributed by atoms with van der Waals surface area (Å²) in [6.07, 6.45) is 1.89. The fourth-order valence-electron chi connectivity index (χ4n) is 0.723. The van der Waals surface area contributed by atoms with Gasteiger partial charge < -0.3 is 0 Å². The van der Waals surface area contributed by atoms with Crippen molar-refractivity contribution in [2.24, 2.45) is 0 Å². The first-order valence-electron chi connectivity index (χ1n) is 2.72. The maximum absolute atomic E-state index is 3.70. The van der Waals surface area contributed by atoms with Crippen molar-refractivity contribution < 1.29 is 0 Å². The highest BCUT2D eigenvalue weighted by atomic mass is 32.1. The van der Waals surface area contributed by atoms with Crippen LogP contribution in [0.5, 0.6) is 0 Å². The topological polar surface area (TPSA) is 0 Å². The van der Waals surface area contributed by atoms with Gasteiger partial charge in [-0.15, -0.1) is 11.3 Å². The Kier molecular flexibility index (Phi) is 2.05. The molecule has 2 heteroatoms. The molecule has 9 heavy (non-hydrogen) atoms. The third-order valence-corrected chi connectivity index (χ3v) is 2.61. The second-order valence-electron chi connectivity index (χ2n) is 1.86. The van der Waals surface area contributed by atoms with Crippen LogP contribution in [0.2, 0.25) is 0 Å². The summed E-state index contributed by atoms with van der Waals surface area (Å²) in [5.41, 5.74) is 1.25. The van der Waals surface area contributed by atoms with Gasteiger partial charge in [-0.05, 0) is 18.6 Å². The summed E-state index contributed by atoms with van der Waals surface area (Å²) < 4.78 is 1.28. The monoisotopic (exact) mass is 156 g/mol. The van der Waals surface area contributed by atoms with Gasteiger partial charge in [-0.2, -0.15) is 0 Å². The molecule has 0 saturated heterocycles. The summed E-state index contributed by atoms with van der Waals surface area (Å²) in [6.45, 7) is 5.81. The zero-order valence-electron chi connectivity index (χ0n) is 5.35. The van der Waals surface area contributed by atoms with E-state index in [9.17, 15) is 0 Å². The second kappa shape index (κ2) is 2.64. The van der Waals surface area contributed by atoms with E-state index in [1.54, 1.807) is 11.3 Å². The van der Waals surface area contributed by atoms with Crippen molar-refractivity contribution in [3.63, 3.8) is 0 Å². The summed E-state index contributed by atoms with van der Waals surface area (Å²) in [4.78, 5) is 1.34. The number of hydrogen-bond donors (Lipinski definition) is 0. The van der Waals surface area contributed by atoms with Gasteiger partial charge in [0.1, 0.15) is 0 Å². The molecule has 1 aromatic heterocycles. The Morgan fingerprint density at radius 1 is 1.78 bits per heavy atom. The zero-order valence-corrected chi connectivity index (χ0v) is 7.32. The lowest BCUT2D eigenvalue weighted by Crippen LogP contribution is -1.71. The molecule has 1 heterocycles. The average molecular weight is 156 g/mol. The van der Waals surface area contributed by atoms with E-state index in [1.165, 1.54) is 15.1 Å². The Balaban J connectivity index is 3.15. The van der Waals surface area contributed by atoms with Gasteiger partial charge in [-0.3, -0.25) is 0 Å². The maximum atomic E-state index is 3.70. The van der Waals surface area contributed by atoms with Gasteiger partial charge in [0.05, 0.1) is 0 Å². The van der Waals surface area contributed by atoms with E-state index in [0.29, 0.717) is 0 Å². The lowest BCUT2D eigenvalue weighted by molar-refractivity contribution is 1.60. The van der Waals surface area contributed by atoms with Crippen molar-refractivity contribution in [1.82, 2.24) is 0 Å². The summed E-state index contributed by atoms with van der Waals surface area (Å²) in [5.74, 6) is 0. The minimum atomic E-state index is 1.25. The summed E-state index contributed by atoms with van der Waals surface area (Å²) in [7, 11) is 2.68. The van der Waals surface area contributed by atoms with Crippen LogP contribution < -0.4 is 4.62 Å². The van der Waals surface area contributed by atoms with Crippen LogP contribution in [0.25, 0.3) is 6.08 Å². The van der Waals surface area contributed by atoms with Gasteiger partial charge in [0.2, 0.25) is 0 Å². The normalized spacial score (nSPS) is 9.56. The highest BCUT2D eigenvalue weighted by molar-refractivity contribution is 7.43. The van der Waals surface area contributed by atoms with Crippen molar-refractivity contribution in [1.29, 1.82) is 0 Å². The smallest absolute Gasteiger partial charge is 0.0225 e. The minimum Gasteiger partial charge on any atom is -0.141 e. The van der Waals surface area contributed by atoms with E-state index in [2.05, 4.69) is 28.8 Å². The maximum Gasteiger partial charge on any atom is 0.0225 e. The first-order valence-corrected chi connectivity index (χ1v) is 4.12. The molecule has 0 aliphatic rings. The van der Waals surface area contributed by atoms with Crippen LogP contribution in [0.4, 0.5) is 0 Å². The third-order valence-electron chi connectivity index (χ3n) is 1.20. The molecular formula is C7H9PS. The average Bonchev–Trinajstić information content (AvgIpc) is 2.10. The molecule has 0 N–H and O–H groups in total. The van der Waals surface area contributed by atoms with E-state index in [0.717, 1.165) is 0 Å². The first-order chi connectivity index (χ1) is 4.24. The van der Waals surface area contributed by atoms with Crippen LogP contribution in [0, 0.1) is 6.92 Å². The van der Waals surface area contributed by atoms with E-state index in [4.69, 9.17) is 0 Å². The van der Waals surface area contributed by atoms with Gasteiger partial charge in [0, 0.05) is 9.50 Å². The molecule has 0 amide bonds. The predicted octanol–water partition coefficient (Wildman–Crippen LogP) is 2.20. The molecule has 0 bridgehead atoms. The number of aryl methyl sites for hydroxylation is 1. The van der Waals surface area contributed by atoms with E-state index < -0.39 is 0 Å². The minimum absolute atomic E-state index is 1.25. The van der Waals surface area contributed by atoms with Crippen LogP contribution in [-0.4, -0.2) is 0 Å². The van der Waals surface area contributed by atoms with E-state index in [-0.39, 0.29) is 0 Å². The van der Waals surface area contributed by atoms with Crippen LogP contribution in [0.1, 0.15) is 10.4 Å². The number of thiophene rings is 1.